The van der Waals surface area contributed by atoms with Crippen molar-refractivity contribution in [1.29, 1.82) is 0 Å². The highest BCUT2D eigenvalue weighted by atomic mass is 16.5. The van der Waals surface area contributed by atoms with Crippen molar-refractivity contribution in [2.45, 2.75) is 51.3 Å². The van der Waals surface area contributed by atoms with Crippen LogP contribution in [0.5, 0.6) is 0 Å². The van der Waals surface area contributed by atoms with Gasteiger partial charge in [-0.25, -0.2) is 4.79 Å². The van der Waals surface area contributed by atoms with Crippen LogP contribution in [-0.2, 0) is 4.74 Å². The number of nitrogens with zero attached hydrogens (tertiary/aromatic N) is 1. The predicted molar refractivity (Wildman–Crippen MR) is 90.6 cm³/mol. The topological polar surface area (TPSA) is 53.6 Å². The molecule has 0 aromatic heterocycles. The second-order valence-corrected chi connectivity index (χ2v) is 6.22. The first-order valence-corrected chi connectivity index (χ1v) is 7.92. The van der Waals surface area contributed by atoms with Gasteiger partial charge in [0.05, 0.1) is 6.10 Å². The van der Waals surface area contributed by atoms with Crippen molar-refractivity contribution in [2.75, 3.05) is 24.4 Å². The van der Waals surface area contributed by atoms with E-state index in [0.29, 0.717) is 6.04 Å². The molecule has 5 heteroatoms. The van der Waals surface area contributed by atoms with E-state index in [9.17, 15) is 4.79 Å². The van der Waals surface area contributed by atoms with E-state index < -0.39 is 0 Å². The Bertz CT molecular complexity index is 504. The predicted octanol–water partition coefficient (Wildman–Crippen LogP) is 3.22. The van der Waals surface area contributed by atoms with Crippen molar-refractivity contribution in [3.05, 3.63) is 24.3 Å². The number of benzene rings is 1. The smallest absolute Gasteiger partial charge is 0.319 e. The number of rotatable bonds is 5. The van der Waals surface area contributed by atoms with Gasteiger partial charge in [0.25, 0.3) is 0 Å². The first-order valence-electron chi connectivity index (χ1n) is 7.92. The summed E-state index contributed by atoms with van der Waals surface area (Å²) in [6, 6.07) is 8.37. The Morgan fingerprint density at radius 1 is 1.36 bits per heavy atom. The maximum absolute atomic E-state index is 12.1. The van der Waals surface area contributed by atoms with Gasteiger partial charge >= 0.3 is 6.03 Å². The molecule has 0 aliphatic heterocycles. The van der Waals surface area contributed by atoms with E-state index in [1.54, 1.807) is 7.11 Å². The summed E-state index contributed by atoms with van der Waals surface area (Å²) in [6.07, 6.45) is 3.14. The van der Waals surface area contributed by atoms with Gasteiger partial charge in [0.2, 0.25) is 0 Å². The van der Waals surface area contributed by atoms with Crippen LogP contribution in [0.3, 0.4) is 0 Å². The fourth-order valence-electron chi connectivity index (χ4n) is 2.74. The van der Waals surface area contributed by atoms with Gasteiger partial charge in [-0.05, 0) is 51.3 Å². The van der Waals surface area contributed by atoms with E-state index in [1.165, 1.54) is 0 Å². The third-order valence-electron chi connectivity index (χ3n) is 4.34. The zero-order valence-corrected chi connectivity index (χ0v) is 13.9. The van der Waals surface area contributed by atoms with Crippen LogP contribution < -0.4 is 15.5 Å². The summed E-state index contributed by atoms with van der Waals surface area (Å²) >= 11 is 0. The second-order valence-electron chi connectivity index (χ2n) is 6.22. The minimum absolute atomic E-state index is 0.147. The largest absolute Gasteiger partial charge is 0.381 e. The summed E-state index contributed by atoms with van der Waals surface area (Å²) in [5.41, 5.74) is 1.90. The molecule has 0 saturated heterocycles. The molecule has 1 aliphatic rings. The van der Waals surface area contributed by atoms with Crippen LogP contribution in [-0.4, -0.2) is 38.4 Å². The number of anilines is 2. The lowest BCUT2D eigenvalue weighted by molar-refractivity contribution is 0.107. The number of urea groups is 1. The van der Waals surface area contributed by atoms with E-state index in [1.807, 2.05) is 31.3 Å². The van der Waals surface area contributed by atoms with E-state index in [4.69, 9.17) is 4.74 Å². The number of carbonyl (C=O) groups excluding carboxylic acids is 1. The lowest BCUT2D eigenvalue weighted by Gasteiger charge is -2.24. The third kappa shape index (κ3) is 4.37. The highest BCUT2D eigenvalue weighted by Crippen LogP contribution is 2.22. The molecule has 0 radical (unpaired) electrons. The molecular formula is C17H27N3O2. The fourth-order valence-corrected chi connectivity index (χ4v) is 2.74. The number of amides is 2. The van der Waals surface area contributed by atoms with Gasteiger partial charge in [-0.1, -0.05) is 6.07 Å². The van der Waals surface area contributed by atoms with Crippen LogP contribution in [0.2, 0.25) is 0 Å². The minimum Gasteiger partial charge on any atom is -0.381 e. The number of hydrogen-bond acceptors (Lipinski definition) is 3. The Hall–Kier alpha value is -1.75. The van der Waals surface area contributed by atoms with Crippen LogP contribution in [0.4, 0.5) is 16.2 Å². The molecule has 1 fully saturated rings. The zero-order valence-electron chi connectivity index (χ0n) is 13.9. The molecule has 1 saturated carbocycles. The normalized spacial score (nSPS) is 21.0. The van der Waals surface area contributed by atoms with Crippen molar-refractivity contribution < 1.29 is 9.53 Å². The average molecular weight is 305 g/mol. The molecule has 2 amide bonds. The Kier molecular flexibility index (Phi) is 5.66. The van der Waals surface area contributed by atoms with E-state index in [0.717, 1.165) is 30.6 Å². The first kappa shape index (κ1) is 16.6. The number of carbonyl (C=O) groups is 1. The van der Waals surface area contributed by atoms with Crippen LogP contribution >= 0.6 is 0 Å². The summed E-state index contributed by atoms with van der Waals surface area (Å²) in [4.78, 5) is 14.3. The van der Waals surface area contributed by atoms with E-state index in [-0.39, 0.29) is 18.2 Å². The number of hydrogen-bond donors (Lipinski definition) is 2. The lowest BCUT2D eigenvalue weighted by atomic mass is 10.2. The van der Waals surface area contributed by atoms with Crippen LogP contribution in [0.1, 0.15) is 33.1 Å². The molecule has 22 heavy (non-hydrogen) atoms. The van der Waals surface area contributed by atoms with Crippen molar-refractivity contribution >= 4 is 17.4 Å². The Morgan fingerprint density at radius 2 is 2.14 bits per heavy atom. The molecule has 5 nitrogen and oxygen atoms in total. The Labute approximate surface area is 133 Å². The molecule has 0 unspecified atom stereocenters. The monoisotopic (exact) mass is 305 g/mol. The van der Waals surface area contributed by atoms with Gasteiger partial charge in [-0.2, -0.15) is 0 Å². The summed E-state index contributed by atoms with van der Waals surface area (Å²) in [5.74, 6) is 0. The lowest BCUT2D eigenvalue weighted by Crippen LogP contribution is -2.36. The summed E-state index contributed by atoms with van der Waals surface area (Å²) in [6.45, 7) is 4.28. The zero-order chi connectivity index (χ0) is 16.1. The quantitative estimate of drug-likeness (QED) is 0.878. The maximum Gasteiger partial charge on any atom is 0.319 e. The van der Waals surface area contributed by atoms with Crippen LogP contribution in [0, 0.1) is 0 Å². The number of nitrogens with one attached hydrogen (secondary N) is 2. The van der Waals surface area contributed by atoms with Gasteiger partial charge < -0.3 is 20.3 Å². The van der Waals surface area contributed by atoms with Gasteiger partial charge in [-0.3, -0.25) is 0 Å². The molecule has 0 bridgehead atoms. The molecule has 2 N–H and O–H groups in total. The molecule has 0 heterocycles. The second kappa shape index (κ2) is 7.49. The SMILES string of the molecule is CO[C@H]1CC[C@@H](NC(=O)Nc2cccc(N(C)C(C)C)c2)C1. The molecule has 2 atom stereocenters. The van der Waals surface area contributed by atoms with Gasteiger partial charge in [0, 0.05) is 37.6 Å². The Balaban J connectivity index is 1.90. The highest BCUT2D eigenvalue weighted by Gasteiger charge is 2.25. The van der Waals surface area contributed by atoms with Crippen LogP contribution in [0.15, 0.2) is 24.3 Å². The summed E-state index contributed by atoms with van der Waals surface area (Å²) in [7, 11) is 3.77. The third-order valence-corrected chi connectivity index (χ3v) is 4.34. The van der Waals surface area contributed by atoms with Crippen molar-refractivity contribution in [3.63, 3.8) is 0 Å². The molecule has 1 aromatic carbocycles. The van der Waals surface area contributed by atoms with Gasteiger partial charge in [0.1, 0.15) is 0 Å². The average Bonchev–Trinajstić information content (AvgIpc) is 2.94. The van der Waals surface area contributed by atoms with Gasteiger partial charge in [0.15, 0.2) is 0 Å². The van der Waals surface area contributed by atoms with Crippen molar-refractivity contribution in [1.82, 2.24) is 5.32 Å². The number of methoxy groups -OCH3 is 1. The molecule has 1 aliphatic carbocycles. The summed E-state index contributed by atoms with van der Waals surface area (Å²) in [5, 5.41) is 5.94. The molecule has 0 spiro atoms. The molecule has 122 valence electrons. The molecule has 1 aromatic rings. The van der Waals surface area contributed by atoms with E-state index >= 15 is 0 Å². The van der Waals surface area contributed by atoms with Gasteiger partial charge in [-0.15, -0.1) is 0 Å². The Morgan fingerprint density at radius 3 is 2.77 bits per heavy atom. The standard InChI is InChI=1S/C17H27N3O2/c1-12(2)20(3)15-7-5-6-13(10-15)18-17(21)19-14-8-9-16(11-14)22-4/h5-7,10,12,14,16H,8-9,11H2,1-4H3,(H2,18,19,21)/t14-,16+/m1/s1. The summed E-state index contributed by atoms with van der Waals surface area (Å²) < 4.78 is 5.33. The maximum atomic E-state index is 12.1. The minimum atomic E-state index is -0.147. The fraction of sp³-hybridized carbons (Fsp3) is 0.588. The highest BCUT2D eigenvalue weighted by molar-refractivity contribution is 5.90. The van der Waals surface area contributed by atoms with Crippen molar-refractivity contribution in [2.24, 2.45) is 0 Å². The van der Waals surface area contributed by atoms with E-state index in [2.05, 4.69) is 29.4 Å². The number of ether oxygens (including phenoxy) is 1. The molecule has 2 rings (SSSR count). The van der Waals surface area contributed by atoms with Crippen LogP contribution in [0.25, 0.3) is 0 Å². The first-order chi connectivity index (χ1) is 10.5. The van der Waals surface area contributed by atoms with Crippen molar-refractivity contribution in [3.8, 4) is 0 Å². The molecular weight excluding hydrogens is 278 g/mol.